The van der Waals surface area contributed by atoms with Crippen molar-refractivity contribution in [2.24, 2.45) is 0 Å². The highest BCUT2D eigenvalue weighted by atomic mass is 16.5. The van der Waals surface area contributed by atoms with Crippen molar-refractivity contribution < 1.29 is 19.0 Å². The second-order valence-electron chi connectivity index (χ2n) is 6.20. The summed E-state index contributed by atoms with van der Waals surface area (Å²) in [4.78, 5) is 12.3. The summed E-state index contributed by atoms with van der Waals surface area (Å²) < 4.78 is 16.0. The van der Waals surface area contributed by atoms with Crippen LogP contribution in [0.1, 0.15) is 11.1 Å². The van der Waals surface area contributed by atoms with Crippen molar-refractivity contribution in [2.45, 2.75) is 0 Å². The number of carbonyl (C=O) groups is 1. The molecule has 0 amide bonds. The summed E-state index contributed by atoms with van der Waals surface area (Å²) in [5, 5.41) is 2.12. The lowest BCUT2D eigenvalue weighted by atomic mass is 10.0. The monoisotopic (exact) mass is 358 g/mol. The lowest BCUT2D eigenvalue weighted by Gasteiger charge is -2.06. The largest absolute Gasteiger partial charge is 0.497 e. The van der Waals surface area contributed by atoms with E-state index in [-0.39, 0.29) is 5.97 Å². The van der Waals surface area contributed by atoms with Gasteiger partial charge in [-0.15, -0.1) is 0 Å². The lowest BCUT2D eigenvalue weighted by Crippen LogP contribution is -1.97. The molecule has 4 heteroatoms. The van der Waals surface area contributed by atoms with Crippen LogP contribution in [0.5, 0.6) is 11.5 Å². The van der Waals surface area contributed by atoms with Crippen molar-refractivity contribution in [1.82, 2.24) is 0 Å². The molecule has 0 aliphatic carbocycles. The number of hydrogen-bond acceptors (Lipinski definition) is 4. The topological polar surface area (TPSA) is 44.8 Å². The van der Waals surface area contributed by atoms with E-state index in [9.17, 15) is 4.79 Å². The molecule has 0 bridgehead atoms. The van der Waals surface area contributed by atoms with Crippen LogP contribution < -0.4 is 9.47 Å². The number of hydrogen-bond donors (Lipinski definition) is 0. The number of cyclic esters (lactones) is 1. The van der Waals surface area contributed by atoms with Gasteiger partial charge in [0.1, 0.15) is 17.3 Å². The quantitative estimate of drug-likeness (QED) is 0.495. The van der Waals surface area contributed by atoms with E-state index in [4.69, 9.17) is 14.2 Å². The molecule has 0 fully saturated rings. The summed E-state index contributed by atoms with van der Waals surface area (Å²) >= 11 is 0. The summed E-state index contributed by atoms with van der Waals surface area (Å²) in [5.41, 5.74) is 2.24. The van der Waals surface area contributed by atoms with E-state index in [2.05, 4.69) is 0 Å². The number of fused-ring (bicyclic) bond motifs is 1. The van der Waals surface area contributed by atoms with Gasteiger partial charge < -0.3 is 14.2 Å². The van der Waals surface area contributed by atoms with Crippen molar-refractivity contribution in [2.75, 3.05) is 14.2 Å². The van der Waals surface area contributed by atoms with Crippen LogP contribution >= 0.6 is 0 Å². The van der Waals surface area contributed by atoms with E-state index in [0.717, 1.165) is 33.4 Å². The molecule has 0 saturated heterocycles. The van der Waals surface area contributed by atoms with Crippen molar-refractivity contribution in [3.63, 3.8) is 0 Å². The van der Waals surface area contributed by atoms with Gasteiger partial charge in [-0.05, 0) is 58.8 Å². The first kappa shape index (κ1) is 16.9. The lowest BCUT2D eigenvalue weighted by molar-refractivity contribution is -0.130. The van der Waals surface area contributed by atoms with Gasteiger partial charge in [0.25, 0.3) is 0 Å². The van der Waals surface area contributed by atoms with Gasteiger partial charge in [0.2, 0.25) is 0 Å². The normalized spacial score (nSPS) is 15.0. The third-order valence-electron chi connectivity index (χ3n) is 4.47. The second-order valence-corrected chi connectivity index (χ2v) is 6.20. The first-order valence-corrected chi connectivity index (χ1v) is 8.54. The molecule has 0 saturated carbocycles. The predicted octanol–water partition coefficient (Wildman–Crippen LogP) is 4.84. The third kappa shape index (κ3) is 3.42. The molecule has 0 unspecified atom stereocenters. The van der Waals surface area contributed by atoms with Gasteiger partial charge in [0.15, 0.2) is 0 Å². The van der Waals surface area contributed by atoms with Crippen LogP contribution in [-0.2, 0) is 9.53 Å². The minimum atomic E-state index is -0.359. The van der Waals surface area contributed by atoms with E-state index in [0.29, 0.717) is 11.3 Å². The maximum absolute atomic E-state index is 12.3. The summed E-state index contributed by atoms with van der Waals surface area (Å²) in [7, 11) is 3.26. The number of carbonyl (C=O) groups excluding carboxylic acids is 1. The Morgan fingerprint density at radius 3 is 2.41 bits per heavy atom. The maximum Gasteiger partial charge on any atom is 0.343 e. The molecule has 27 heavy (non-hydrogen) atoms. The average Bonchev–Trinajstić information content (AvgIpc) is 3.07. The molecule has 0 N–H and O–H groups in total. The highest BCUT2D eigenvalue weighted by molar-refractivity contribution is 6.05. The molecule has 1 heterocycles. The molecule has 3 aromatic carbocycles. The Labute approximate surface area is 157 Å². The van der Waals surface area contributed by atoms with Gasteiger partial charge in [-0.25, -0.2) is 4.79 Å². The van der Waals surface area contributed by atoms with Gasteiger partial charge in [-0.2, -0.15) is 0 Å². The summed E-state index contributed by atoms with van der Waals surface area (Å²) in [6, 6.07) is 19.3. The van der Waals surface area contributed by atoms with E-state index >= 15 is 0 Å². The molecule has 3 aromatic rings. The van der Waals surface area contributed by atoms with Crippen LogP contribution in [0.3, 0.4) is 0 Å². The highest BCUT2D eigenvalue weighted by Crippen LogP contribution is 2.30. The molecule has 4 nitrogen and oxygen atoms in total. The highest BCUT2D eigenvalue weighted by Gasteiger charge is 2.22. The molecule has 134 valence electrons. The van der Waals surface area contributed by atoms with Gasteiger partial charge in [-0.1, -0.05) is 30.3 Å². The number of rotatable bonds is 4. The number of methoxy groups -OCH3 is 2. The fourth-order valence-electron chi connectivity index (χ4n) is 3.05. The van der Waals surface area contributed by atoms with Crippen LogP contribution in [0, 0.1) is 0 Å². The molecule has 0 radical (unpaired) electrons. The van der Waals surface area contributed by atoms with Crippen LogP contribution in [0.15, 0.2) is 72.3 Å². The van der Waals surface area contributed by atoms with Crippen molar-refractivity contribution in [1.29, 1.82) is 0 Å². The molecule has 1 aliphatic rings. The first-order chi connectivity index (χ1) is 13.2. The Morgan fingerprint density at radius 1 is 0.852 bits per heavy atom. The molecule has 4 rings (SSSR count). The van der Waals surface area contributed by atoms with Crippen LogP contribution in [0.25, 0.3) is 22.6 Å². The minimum absolute atomic E-state index is 0.359. The SMILES string of the molecule is COc1cccc(/C=C2/C=C(c3ccc4cc(OC)ccc4c3)OC2=O)c1. The molecular formula is C23H18O4. The fourth-order valence-corrected chi connectivity index (χ4v) is 3.05. The Kier molecular flexibility index (Phi) is 4.38. The zero-order valence-electron chi connectivity index (χ0n) is 15.1. The standard InChI is InChI=1S/C23H18O4/c1-25-20-5-3-4-15(11-20)10-19-14-22(27-23(19)24)18-7-6-17-13-21(26-2)9-8-16(17)12-18/h3-14H,1-2H3/b19-10-. The zero-order valence-corrected chi connectivity index (χ0v) is 15.1. The average molecular weight is 358 g/mol. The summed E-state index contributed by atoms with van der Waals surface area (Å²) in [6.45, 7) is 0. The van der Waals surface area contributed by atoms with Crippen molar-refractivity contribution >= 4 is 28.6 Å². The summed E-state index contributed by atoms with van der Waals surface area (Å²) in [6.07, 6.45) is 3.57. The van der Waals surface area contributed by atoms with Crippen molar-refractivity contribution in [3.05, 3.63) is 83.4 Å². The Morgan fingerprint density at radius 2 is 1.59 bits per heavy atom. The van der Waals surface area contributed by atoms with Crippen LogP contribution in [0.2, 0.25) is 0 Å². The van der Waals surface area contributed by atoms with E-state index in [1.54, 1.807) is 26.4 Å². The molecule has 0 atom stereocenters. The van der Waals surface area contributed by atoms with Crippen LogP contribution in [0.4, 0.5) is 0 Å². The van der Waals surface area contributed by atoms with Gasteiger partial charge in [0.05, 0.1) is 19.8 Å². The van der Waals surface area contributed by atoms with E-state index in [1.165, 1.54) is 0 Å². The number of esters is 1. The van der Waals surface area contributed by atoms with E-state index in [1.807, 2.05) is 60.7 Å². The van der Waals surface area contributed by atoms with Crippen LogP contribution in [-0.4, -0.2) is 20.2 Å². The Hall–Kier alpha value is -3.53. The van der Waals surface area contributed by atoms with Crippen molar-refractivity contribution in [3.8, 4) is 11.5 Å². The molecule has 0 aromatic heterocycles. The molecule has 0 spiro atoms. The molecule has 1 aliphatic heterocycles. The zero-order chi connectivity index (χ0) is 18.8. The second kappa shape index (κ2) is 7.00. The Bertz CT molecular complexity index is 1090. The Balaban J connectivity index is 1.68. The number of benzene rings is 3. The fraction of sp³-hybridized carbons (Fsp3) is 0.0870. The molecular weight excluding hydrogens is 340 g/mol. The first-order valence-electron chi connectivity index (χ1n) is 8.54. The van der Waals surface area contributed by atoms with Gasteiger partial charge in [0, 0.05) is 5.56 Å². The summed E-state index contributed by atoms with van der Waals surface area (Å²) in [5.74, 6) is 1.74. The van der Waals surface area contributed by atoms with Gasteiger partial charge >= 0.3 is 5.97 Å². The van der Waals surface area contributed by atoms with E-state index < -0.39 is 0 Å². The maximum atomic E-state index is 12.3. The smallest absolute Gasteiger partial charge is 0.343 e. The third-order valence-corrected chi connectivity index (χ3v) is 4.47. The predicted molar refractivity (Wildman–Crippen MR) is 106 cm³/mol. The number of ether oxygens (including phenoxy) is 3. The van der Waals surface area contributed by atoms with Gasteiger partial charge in [-0.3, -0.25) is 0 Å². The minimum Gasteiger partial charge on any atom is -0.497 e.